The van der Waals surface area contributed by atoms with Crippen LogP contribution >= 0.6 is 0 Å². The van der Waals surface area contributed by atoms with Gasteiger partial charge < -0.3 is 4.98 Å². The van der Waals surface area contributed by atoms with Crippen molar-refractivity contribution in [3.05, 3.63) is 111 Å². The van der Waals surface area contributed by atoms with E-state index in [2.05, 4.69) is 4.98 Å². The largest absolute Gasteiger partial charge is 0.322 e. The van der Waals surface area contributed by atoms with Crippen LogP contribution in [0.25, 0.3) is 10.9 Å². The summed E-state index contributed by atoms with van der Waals surface area (Å²) in [4.78, 5) is 27.6. The van der Waals surface area contributed by atoms with Crippen LogP contribution in [0.4, 0.5) is 0 Å². The zero-order valence-electron chi connectivity index (χ0n) is 19.1. The molecule has 7 heteroatoms. The predicted octanol–water partition coefficient (Wildman–Crippen LogP) is 4.47. The number of ketones is 1. The Morgan fingerprint density at radius 1 is 0.941 bits per heavy atom. The van der Waals surface area contributed by atoms with Crippen LogP contribution in [0.15, 0.2) is 88.6 Å². The molecule has 0 unspecified atom stereocenters. The molecule has 34 heavy (non-hydrogen) atoms. The van der Waals surface area contributed by atoms with Gasteiger partial charge in [0.2, 0.25) is 10.0 Å². The number of benzene rings is 3. The summed E-state index contributed by atoms with van der Waals surface area (Å²) in [6.07, 6.45) is 0.483. The first kappa shape index (κ1) is 23.6. The molecule has 174 valence electrons. The van der Waals surface area contributed by atoms with Crippen LogP contribution in [0, 0.1) is 6.92 Å². The fourth-order valence-electron chi connectivity index (χ4n) is 3.87. The molecule has 3 aromatic carbocycles. The van der Waals surface area contributed by atoms with Gasteiger partial charge in [-0.05, 0) is 61.0 Å². The first-order chi connectivity index (χ1) is 16.2. The summed E-state index contributed by atoms with van der Waals surface area (Å²) in [5, 5.41) is 0.833. The van der Waals surface area contributed by atoms with Crippen LogP contribution in [0.2, 0.25) is 0 Å². The van der Waals surface area contributed by atoms with Crippen molar-refractivity contribution in [3.8, 4) is 0 Å². The van der Waals surface area contributed by atoms with Gasteiger partial charge >= 0.3 is 0 Å². The van der Waals surface area contributed by atoms with Crippen molar-refractivity contribution in [1.29, 1.82) is 0 Å². The summed E-state index contributed by atoms with van der Waals surface area (Å²) < 4.78 is 28.6. The van der Waals surface area contributed by atoms with E-state index >= 15 is 0 Å². The van der Waals surface area contributed by atoms with E-state index in [1.54, 1.807) is 18.2 Å². The number of nitrogens with one attached hydrogen (secondary N) is 1. The monoisotopic (exact) mass is 474 g/mol. The summed E-state index contributed by atoms with van der Waals surface area (Å²) in [5.74, 6) is -0.214. The number of fused-ring (bicyclic) bond motifs is 1. The van der Waals surface area contributed by atoms with E-state index in [4.69, 9.17) is 0 Å². The molecule has 1 N–H and O–H groups in total. The Kier molecular flexibility index (Phi) is 6.77. The molecule has 0 amide bonds. The summed E-state index contributed by atoms with van der Waals surface area (Å²) in [6.45, 7) is 3.44. The molecule has 0 aliphatic rings. The van der Waals surface area contributed by atoms with Crippen LogP contribution in [-0.2, 0) is 23.0 Å². The molecule has 1 heterocycles. The standard InChI is InChI=1S/C27H26N2O4S/c1-19-11-12-23-16-24(27(31)28-26(23)15-19)18-29(14-13-21-7-4-3-5-8-21)34(32,33)25-10-6-9-22(17-25)20(2)30/h3-12,15-17H,13-14,18H2,1-2H3,(H,28,31). The Labute approximate surface area is 198 Å². The molecule has 0 fully saturated rings. The van der Waals surface area contributed by atoms with Gasteiger partial charge in [0.25, 0.3) is 5.56 Å². The zero-order valence-corrected chi connectivity index (χ0v) is 19.9. The highest BCUT2D eigenvalue weighted by Gasteiger charge is 2.26. The smallest absolute Gasteiger partial charge is 0.252 e. The second-order valence-electron chi connectivity index (χ2n) is 8.37. The number of aromatic nitrogens is 1. The van der Waals surface area contributed by atoms with Gasteiger partial charge in [0.1, 0.15) is 0 Å². The minimum absolute atomic E-state index is 0.0288. The van der Waals surface area contributed by atoms with Crippen molar-refractivity contribution in [2.45, 2.75) is 31.7 Å². The van der Waals surface area contributed by atoms with Crippen LogP contribution < -0.4 is 5.56 Å². The quantitative estimate of drug-likeness (QED) is 0.382. The topological polar surface area (TPSA) is 87.3 Å². The summed E-state index contributed by atoms with van der Waals surface area (Å²) in [5.41, 5.74) is 3.08. The maximum atomic E-state index is 13.7. The summed E-state index contributed by atoms with van der Waals surface area (Å²) >= 11 is 0. The van der Waals surface area contributed by atoms with Gasteiger partial charge in [0, 0.05) is 29.7 Å². The number of H-pyrrole nitrogens is 1. The average Bonchev–Trinajstić information content (AvgIpc) is 2.82. The molecule has 1 aromatic heterocycles. The molecule has 4 aromatic rings. The number of sulfonamides is 1. The minimum atomic E-state index is -3.97. The Balaban J connectivity index is 1.73. The predicted molar refractivity (Wildman–Crippen MR) is 133 cm³/mol. The SMILES string of the molecule is CC(=O)c1cccc(S(=O)(=O)N(CCc2ccccc2)Cc2cc3ccc(C)cc3[nH]c2=O)c1. The molecule has 0 radical (unpaired) electrons. The zero-order chi connectivity index (χ0) is 24.3. The Morgan fingerprint density at radius 3 is 2.44 bits per heavy atom. The molecule has 0 saturated carbocycles. The van der Waals surface area contributed by atoms with Gasteiger partial charge in [-0.15, -0.1) is 0 Å². The van der Waals surface area contributed by atoms with Crippen LogP contribution in [0.5, 0.6) is 0 Å². The van der Waals surface area contributed by atoms with E-state index in [0.29, 0.717) is 23.1 Å². The van der Waals surface area contributed by atoms with Crippen molar-refractivity contribution in [1.82, 2.24) is 9.29 Å². The number of Topliss-reactive ketones (excluding diaryl/α,β-unsaturated/α-hetero) is 1. The average molecular weight is 475 g/mol. The second-order valence-corrected chi connectivity index (χ2v) is 10.3. The van der Waals surface area contributed by atoms with E-state index in [1.807, 2.05) is 55.5 Å². The molecular formula is C27H26N2O4S. The first-order valence-electron chi connectivity index (χ1n) is 11.0. The van der Waals surface area contributed by atoms with Crippen LogP contribution in [0.3, 0.4) is 0 Å². The molecule has 0 atom stereocenters. The minimum Gasteiger partial charge on any atom is -0.322 e. The number of nitrogens with zero attached hydrogens (tertiary/aromatic N) is 1. The van der Waals surface area contributed by atoms with E-state index < -0.39 is 10.0 Å². The molecule has 0 aliphatic heterocycles. The summed E-state index contributed by atoms with van der Waals surface area (Å²) in [7, 11) is -3.97. The number of carbonyl (C=O) groups is 1. The Bertz CT molecular complexity index is 1510. The fraction of sp³-hybridized carbons (Fsp3) is 0.185. The molecule has 0 saturated heterocycles. The van der Waals surface area contributed by atoms with E-state index in [-0.39, 0.29) is 29.3 Å². The van der Waals surface area contributed by atoms with Crippen LogP contribution in [0.1, 0.15) is 34.0 Å². The second kappa shape index (κ2) is 9.75. The van der Waals surface area contributed by atoms with Gasteiger partial charge in [-0.3, -0.25) is 9.59 Å². The van der Waals surface area contributed by atoms with E-state index in [0.717, 1.165) is 16.5 Å². The van der Waals surface area contributed by atoms with Crippen molar-refractivity contribution in [2.75, 3.05) is 6.54 Å². The summed E-state index contributed by atoms with van der Waals surface area (Å²) in [6, 6.07) is 23.1. The molecule has 0 aliphatic carbocycles. The van der Waals surface area contributed by atoms with Crippen molar-refractivity contribution in [2.24, 2.45) is 0 Å². The van der Waals surface area contributed by atoms with Crippen molar-refractivity contribution < 1.29 is 13.2 Å². The fourth-order valence-corrected chi connectivity index (χ4v) is 5.34. The molecular weight excluding hydrogens is 448 g/mol. The number of aryl methyl sites for hydroxylation is 1. The van der Waals surface area contributed by atoms with Gasteiger partial charge in [0.05, 0.1) is 4.90 Å². The van der Waals surface area contributed by atoms with E-state index in [1.165, 1.54) is 23.4 Å². The van der Waals surface area contributed by atoms with Crippen molar-refractivity contribution >= 4 is 26.7 Å². The van der Waals surface area contributed by atoms with Gasteiger partial charge in [-0.2, -0.15) is 4.31 Å². The van der Waals surface area contributed by atoms with Gasteiger partial charge in [0.15, 0.2) is 5.78 Å². The number of hydrogen-bond acceptors (Lipinski definition) is 4. The third kappa shape index (κ3) is 5.16. The highest BCUT2D eigenvalue weighted by Crippen LogP contribution is 2.21. The number of pyridine rings is 1. The van der Waals surface area contributed by atoms with Gasteiger partial charge in [-0.25, -0.2) is 8.42 Å². The lowest BCUT2D eigenvalue weighted by Crippen LogP contribution is -2.34. The van der Waals surface area contributed by atoms with E-state index in [9.17, 15) is 18.0 Å². The molecule has 0 bridgehead atoms. The maximum absolute atomic E-state index is 13.7. The van der Waals surface area contributed by atoms with Crippen molar-refractivity contribution in [3.63, 3.8) is 0 Å². The third-order valence-electron chi connectivity index (χ3n) is 5.80. The van der Waals surface area contributed by atoms with Crippen LogP contribution in [-0.4, -0.2) is 30.0 Å². The lowest BCUT2D eigenvalue weighted by Gasteiger charge is -2.22. The number of hydrogen-bond donors (Lipinski definition) is 1. The lowest BCUT2D eigenvalue weighted by atomic mass is 10.1. The van der Waals surface area contributed by atoms with Gasteiger partial charge in [-0.1, -0.05) is 54.6 Å². The first-order valence-corrected chi connectivity index (χ1v) is 12.5. The number of carbonyl (C=O) groups excluding carboxylic acids is 1. The third-order valence-corrected chi connectivity index (χ3v) is 7.64. The highest BCUT2D eigenvalue weighted by atomic mass is 32.2. The maximum Gasteiger partial charge on any atom is 0.252 e. The molecule has 6 nitrogen and oxygen atoms in total. The molecule has 0 spiro atoms. The highest BCUT2D eigenvalue weighted by molar-refractivity contribution is 7.89. The Hall–Kier alpha value is -3.55. The number of aromatic amines is 1. The number of rotatable bonds is 8. The Morgan fingerprint density at radius 2 is 1.71 bits per heavy atom. The molecule has 4 rings (SSSR count). The normalized spacial score (nSPS) is 11.7. The lowest BCUT2D eigenvalue weighted by molar-refractivity contribution is 0.101.